The molecule has 3 aromatic carbocycles. The van der Waals surface area contributed by atoms with E-state index in [0.29, 0.717) is 17.8 Å². The van der Waals surface area contributed by atoms with Crippen LogP contribution in [0.2, 0.25) is 0 Å². The number of benzene rings is 3. The van der Waals surface area contributed by atoms with Gasteiger partial charge in [-0.15, -0.1) is 0 Å². The summed E-state index contributed by atoms with van der Waals surface area (Å²) in [4.78, 5) is 12.2. The van der Waals surface area contributed by atoms with Crippen LogP contribution in [0.1, 0.15) is 5.56 Å². The fraction of sp³-hybridized carbons (Fsp3) is 0.136. The van der Waals surface area contributed by atoms with Crippen molar-refractivity contribution < 1.29 is 9.90 Å². The smallest absolute Gasteiger partial charge is 0.319 e. The lowest BCUT2D eigenvalue weighted by atomic mass is 10.1. The minimum Gasteiger partial charge on any atom is -0.394 e. The van der Waals surface area contributed by atoms with Gasteiger partial charge in [0, 0.05) is 5.69 Å². The Labute approximate surface area is 164 Å². The summed E-state index contributed by atoms with van der Waals surface area (Å²) in [5.74, 6) is 0. The van der Waals surface area contributed by atoms with Crippen LogP contribution in [0.5, 0.6) is 0 Å². The molecular formula is C22H22N4O2. The highest BCUT2D eigenvalue weighted by Crippen LogP contribution is 2.20. The van der Waals surface area contributed by atoms with Gasteiger partial charge in [0.2, 0.25) is 0 Å². The van der Waals surface area contributed by atoms with E-state index in [1.54, 1.807) is 24.3 Å². The quantitative estimate of drug-likeness (QED) is 0.518. The number of rotatable bonds is 7. The van der Waals surface area contributed by atoms with E-state index >= 15 is 0 Å². The van der Waals surface area contributed by atoms with Gasteiger partial charge in [0.25, 0.3) is 0 Å². The van der Waals surface area contributed by atoms with Crippen molar-refractivity contribution in [1.29, 1.82) is 0 Å². The number of amides is 2. The van der Waals surface area contributed by atoms with Gasteiger partial charge in [-0.2, -0.15) is 10.2 Å². The molecule has 0 aliphatic carbocycles. The normalized spacial score (nSPS) is 11.9. The number of urea groups is 1. The number of hydrogen-bond acceptors (Lipinski definition) is 4. The predicted octanol–water partition coefficient (Wildman–Crippen LogP) is 4.83. The zero-order chi connectivity index (χ0) is 19.6. The largest absolute Gasteiger partial charge is 0.394 e. The Bertz CT molecular complexity index is 897. The summed E-state index contributed by atoms with van der Waals surface area (Å²) in [6.07, 6.45) is 0.559. The van der Waals surface area contributed by atoms with E-state index in [-0.39, 0.29) is 18.7 Å². The van der Waals surface area contributed by atoms with Gasteiger partial charge >= 0.3 is 6.03 Å². The monoisotopic (exact) mass is 374 g/mol. The number of carbonyl (C=O) groups excluding carboxylic acids is 1. The maximum absolute atomic E-state index is 12.2. The lowest BCUT2D eigenvalue weighted by Crippen LogP contribution is -2.41. The Morgan fingerprint density at radius 1 is 0.821 bits per heavy atom. The molecule has 0 heterocycles. The molecule has 3 rings (SSSR count). The molecule has 0 spiro atoms. The molecule has 2 amide bonds. The van der Waals surface area contributed by atoms with E-state index in [4.69, 9.17) is 0 Å². The van der Waals surface area contributed by atoms with Gasteiger partial charge in [0.15, 0.2) is 0 Å². The first-order valence-corrected chi connectivity index (χ1v) is 9.02. The number of nitrogens with one attached hydrogen (secondary N) is 2. The highest BCUT2D eigenvalue weighted by atomic mass is 16.3. The van der Waals surface area contributed by atoms with E-state index < -0.39 is 0 Å². The summed E-state index contributed by atoms with van der Waals surface area (Å²) in [6.45, 7) is -0.138. The third kappa shape index (κ3) is 6.03. The van der Waals surface area contributed by atoms with Crippen molar-refractivity contribution in [2.45, 2.75) is 12.5 Å². The molecule has 6 heteroatoms. The molecule has 1 unspecified atom stereocenters. The summed E-state index contributed by atoms with van der Waals surface area (Å²) in [5.41, 5.74) is 3.15. The molecule has 0 aliphatic rings. The van der Waals surface area contributed by atoms with Gasteiger partial charge in [-0.05, 0) is 48.4 Å². The summed E-state index contributed by atoms with van der Waals surface area (Å²) >= 11 is 0. The number of aliphatic hydroxyl groups is 1. The average Bonchev–Trinajstić information content (AvgIpc) is 2.74. The molecular weight excluding hydrogens is 352 g/mol. The Hall–Kier alpha value is -3.51. The number of aliphatic hydroxyl groups excluding tert-OH is 1. The van der Waals surface area contributed by atoms with Crippen LogP contribution in [-0.2, 0) is 6.42 Å². The molecule has 3 aromatic rings. The van der Waals surface area contributed by atoms with Crippen molar-refractivity contribution in [3.05, 3.63) is 90.5 Å². The van der Waals surface area contributed by atoms with Crippen molar-refractivity contribution >= 4 is 23.1 Å². The van der Waals surface area contributed by atoms with Crippen molar-refractivity contribution in [3.63, 3.8) is 0 Å². The van der Waals surface area contributed by atoms with Gasteiger partial charge in [-0.1, -0.05) is 48.5 Å². The summed E-state index contributed by atoms with van der Waals surface area (Å²) < 4.78 is 0. The standard InChI is InChI=1S/C22H22N4O2/c27-16-21(15-17-7-3-1-4-8-17)24-22(28)23-18-11-13-20(14-12-18)26-25-19-9-5-2-6-10-19/h1-14,21,27H,15-16H2,(H2,23,24,28). The molecule has 1 atom stereocenters. The second-order valence-electron chi connectivity index (χ2n) is 6.25. The first-order valence-electron chi connectivity index (χ1n) is 9.02. The fourth-order valence-electron chi connectivity index (χ4n) is 2.63. The molecule has 6 nitrogen and oxygen atoms in total. The van der Waals surface area contributed by atoms with Crippen molar-refractivity contribution in [2.24, 2.45) is 10.2 Å². The van der Waals surface area contributed by atoms with Crippen LogP contribution >= 0.6 is 0 Å². The van der Waals surface area contributed by atoms with Gasteiger partial charge in [-0.3, -0.25) is 0 Å². The SMILES string of the molecule is O=C(Nc1ccc(N=Nc2ccccc2)cc1)NC(CO)Cc1ccccc1. The lowest BCUT2D eigenvalue weighted by molar-refractivity contribution is 0.224. The maximum atomic E-state index is 12.2. The van der Waals surface area contributed by atoms with Gasteiger partial charge in [0.05, 0.1) is 24.0 Å². The molecule has 0 bridgehead atoms. The number of nitrogens with zero attached hydrogens (tertiary/aromatic N) is 2. The Morgan fingerprint density at radius 2 is 1.39 bits per heavy atom. The van der Waals surface area contributed by atoms with Crippen LogP contribution in [0.4, 0.5) is 21.9 Å². The van der Waals surface area contributed by atoms with E-state index in [9.17, 15) is 9.90 Å². The number of anilines is 1. The van der Waals surface area contributed by atoms with Crippen molar-refractivity contribution in [3.8, 4) is 0 Å². The molecule has 0 radical (unpaired) electrons. The molecule has 0 aliphatic heterocycles. The van der Waals surface area contributed by atoms with E-state index in [2.05, 4.69) is 20.9 Å². The third-order valence-corrected chi connectivity index (χ3v) is 4.04. The van der Waals surface area contributed by atoms with Gasteiger partial charge in [-0.25, -0.2) is 4.79 Å². The zero-order valence-electron chi connectivity index (χ0n) is 15.3. The highest BCUT2D eigenvalue weighted by Gasteiger charge is 2.12. The van der Waals surface area contributed by atoms with Crippen LogP contribution in [-0.4, -0.2) is 23.8 Å². The third-order valence-electron chi connectivity index (χ3n) is 4.04. The van der Waals surface area contributed by atoms with Crippen LogP contribution < -0.4 is 10.6 Å². The number of azo groups is 1. The van der Waals surface area contributed by atoms with Crippen LogP contribution in [0.3, 0.4) is 0 Å². The van der Waals surface area contributed by atoms with Crippen LogP contribution in [0.25, 0.3) is 0 Å². The van der Waals surface area contributed by atoms with Crippen LogP contribution in [0, 0.1) is 0 Å². The van der Waals surface area contributed by atoms with Crippen LogP contribution in [0.15, 0.2) is 95.2 Å². The predicted molar refractivity (Wildman–Crippen MR) is 110 cm³/mol. The number of carbonyl (C=O) groups is 1. The molecule has 3 N–H and O–H groups in total. The topological polar surface area (TPSA) is 86.1 Å². The Kier molecular flexibility index (Phi) is 6.87. The summed E-state index contributed by atoms with van der Waals surface area (Å²) in [7, 11) is 0. The molecule has 142 valence electrons. The Morgan fingerprint density at radius 3 is 2.00 bits per heavy atom. The summed E-state index contributed by atoms with van der Waals surface area (Å²) in [5, 5.41) is 23.4. The van der Waals surface area contributed by atoms with Gasteiger partial charge in [0.1, 0.15) is 0 Å². The highest BCUT2D eigenvalue weighted by molar-refractivity contribution is 5.89. The summed E-state index contributed by atoms with van der Waals surface area (Å²) in [6, 6.07) is 25.5. The van der Waals surface area contributed by atoms with E-state index in [1.165, 1.54) is 0 Å². The Balaban J connectivity index is 1.53. The van der Waals surface area contributed by atoms with Gasteiger partial charge < -0.3 is 15.7 Å². The second kappa shape index (κ2) is 9.99. The first-order chi connectivity index (χ1) is 13.7. The van der Waals surface area contributed by atoms with Crippen molar-refractivity contribution in [2.75, 3.05) is 11.9 Å². The molecule has 0 saturated heterocycles. The maximum Gasteiger partial charge on any atom is 0.319 e. The van der Waals surface area contributed by atoms with Crippen molar-refractivity contribution in [1.82, 2.24) is 5.32 Å². The molecule has 28 heavy (non-hydrogen) atoms. The average molecular weight is 374 g/mol. The molecule has 0 saturated carbocycles. The minimum atomic E-state index is -0.367. The zero-order valence-corrected chi connectivity index (χ0v) is 15.3. The molecule has 0 fully saturated rings. The second-order valence-corrected chi connectivity index (χ2v) is 6.25. The first kappa shape index (κ1) is 19.3. The fourth-order valence-corrected chi connectivity index (χ4v) is 2.63. The number of hydrogen-bond donors (Lipinski definition) is 3. The lowest BCUT2D eigenvalue weighted by Gasteiger charge is -2.17. The molecule has 0 aromatic heterocycles. The van der Waals surface area contributed by atoms with E-state index in [0.717, 1.165) is 11.3 Å². The minimum absolute atomic E-state index is 0.138. The van der Waals surface area contributed by atoms with E-state index in [1.807, 2.05) is 60.7 Å².